The molecule has 8 heteroatoms. The van der Waals surface area contributed by atoms with Crippen molar-refractivity contribution in [3.05, 3.63) is 48.2 Å². The third-order valence-corrected chi connectivity index (χ3v) is 5.02. The monoisotopic (exact) mass is 423 g/mol. The molecule has 1 saturated heterocycles. The molecule has 0 aliphatic carbocycles. The van der Waals surface area contributed by atoms with Crippen molar-refractivity contribution in [2.75, 3.05) is 46.1 Å². The van der Waals surface area contributed by atoms with Crippen LogP contribution in [0.3, 0.4) is 0 Å². The molecule has 31 heavy (non-hydrogen) atoms. The minimum Gasteiger partial charge on any atom is -0.508 e. The number of fused-ring (bicyclic) bond motifs is 1. The maximum absolute atomic E-state index is 12.0. The van der Waals surface area contributed by atoms with E-state index < -0.39 is 5.97 Å². The molecule has 1 fully saturated rings. The summed E-state index contributed by atoms with van der Waals surface area (Å²) >= 11 is 0. The van der Waals surface area contributed by atoms with Crippen molar-refractivity contribution in [1.82, 2.24) is 14.9 Å². The van der Waals surface area contributed by atoms with Crippen LogP contribution < -0.4 is 4.74 Å². The Hall–Kier alpha value is -3.23. The number of phenolic OH excluding ortho intramolecular Hbond substituents is 1. The first-order chi connectivity index (χ1) is 15.1. The predicted molar refractivity (Wildman–Crippen MR) is 115 cm³/mol. The highest BCUT2D eigenvalue weighted by Crippen LogP contribution is 2.26. The Labute approximate surface area is 180 Å². The number of phenols is 1. The van der Waals surface area contributed by atoms with E-state index in [4.69, 9.17) is 14.2 Å². The van der Waals surface area contributed by atoms with Crippen LogP contribution in [0.25, 0.3) is 22.2 Å². The van der Waals surface area contributed by atoms with Gasteiger partial charge in [0.2, 0.25) is 5.88 Å². The van der Waals surface area contributed by atoms with Gasteiger partial charge in [-0.2, -0.15) is 4.98 Å². The van der Waals surface area contributed by atoms with E-state index in [-0.39, 0.29) is 12.4 Å². The van der Waals surface area contributed by atoms with Gasteiger partial charge in [-0.05, 0) is 35.9 Å². The number of esters is 1. The molecule has 2 heterocycles. The van der Waals surface area contributed by atoms with E-state index in [9.17, 15) is 9.90 Å². The average molecular weight is 423 g/mol. The molecule has 0 bridgehead atoms. The highest BCUT2D eigenvalue weighted by atomic mass is 16.6. The largest absolute Gasteiger partial charge is 0.508 e. The average Bonchev–Trinajstić information content (AvgIpc) is 2.78. The van der Waals surface area contributed by atoms with Crippen LogP contribution in [-0.4, -0.2) is 72.0 Å². The lowest BCUT2D eigenvalue weighted by Crippen LogP contribution is -2.38. The van der Waals surface area contributed by atoms with Crippen molar-refractivity contribution in [2.24, 2.45) is 0 Å². The molecule has 162 valence electrons. The Balaban J connectivity index is 1.36. The zero-order chi connectivity index (χ0) is 21.6. The fraction of sp³-hybridized carbons (Fsp3) is 0.348. The van der Waals surface area contributed by atoms with Crippen molar-refractivity contribution in [3.8, 4) is 23.0 Å². The molecule has 0 saturated carbocycles. The van der Waals surface area contributed by atoms with E-state index >= 15 is 0 Å². The number of hydrogen-bond donors (Lipinski definition) is 1. The molecule has 4 rings (SSSR count). The molecule has 0 radical (unpaired) electrons. The van der Waals surface area contributed by atoms with Gasteiger partial charge < -0.3 is 19.3 Å². The number of aromatic nitrogens is 2. The number of ether oxygens (including phenoxy) is 3. The summed E-state index contributed by atoms with van der Waals surface area (Å²) in [5, 5.41) is 11.5. The predicted octanol–water partition coefficient (Wildman–Crippen LogP) is 2.57. The van der Waals surface area contributed by atoms with Gasteiger partial charge >= 0.3 is 5.97 Å². The molecular formula is C23H25N3O5. The normalized spacial score (nSPS) is 14.5. The molecule has 8 nitrogen and oxygen atoms in total. The number of benzene rings is 2. The van der Waals surface area contributed by atoms with Crippen LogP contribution >= 0.6 is 0 Å². The van der Waals surface area contributed by atoms with E-state index in [0.29, 0.717) is 38.1 Å². The molecule has 1 aliphatic rings. The lowest BCUT2D eigenvalue weighted by atomic mass is 10.1. The fourth-order valence-corrected chi connectivity index (χ4v) is 3.40. The number of hydrogen-bond acceptors (Lipinski definition) is 8. The molecule has 2 aromatic carbocycles. The first kappa shape index (κ1) is 21.0. The Kier molecular flexibility index (Phi) is 6.59. The second-order valence-corrected chi connectivity index (χ2v) is 7.38. The first-order valence-electron chi connectivity index (χ1n) is 10.2. The van der Waals surface area contributed by atoms with Crippen LogP contribution in [0.2, 0.25) is 0 Å². The van der Waals surface area contributed by atoms with Crippen molar-refractivity contribution in [3.63, 3.8) is 0 Å². The van der Waals surface area contributed by atoms with Crippen LogP contribution in [0.15, 0.2) is 42.5 Å². The van der Waals surface area contributed by atoms with Crippen LogP contribution in [0.4, 0.5) is 0 Å². The topological polar surface area (TPSA) is 94.0 Å². The number of morpholine rings is 1. The van der Waals surface area contributed by atoms with Crippen LogP contribution in [0.1, 0.15) is 5.69 Å². The molecular weight excluding hydrogens is 398 g/mol. The summed E-state index contributed by atoms with van der Waals surface area (Å²) in [5.74, 6) is 0.611. The summed E-state index contributed by atoms with van der Waals surface area (Å²) in [6.45, 7) is 5.78. The third kappa shape index (κ3) is 5.68. The van der Waals surface area contributed by atoms with Gasteiger partial charge in [0, 0.05) is 37.0 Å². The molecule has 0 atom stereocenters. The van der Waals surface area contributed by atoms with Crippen LogP contribution in [0.5, 0.6) is 11.6 Å². The molecule has 1 aromatic heterocycles. The van der Waals surface area contributed by atoms with Crippen molar-refractivity contribution in [1.29, 1.82) is 0 Å². The van der Waals surface area contributed by atoms with E-state index in [1.54, 1.807) is 18.2 Å². The van der Waals surface area contributed by atoms with E-state index in [1.165, 1.54) is 0 Å². The SMILES string of the molecule is Cc1cc(OCC(=O)OCCN2CCOCC2)nc(-c2ccc3cc(O)ccc3c2)n1. The maximum Gasteiger partial charge on any atom is 0.344 e. The second kappa shape index (κ2) is 9.72. The van der Waals surface area contributed by atoms with E-state index in [0.717, 1.165) is 35.1 Å². The zero-order valence-corrected chi connectivity index (χ0v) is 17.4. The van der Waals surface area contributed by atoms with Gasteiger partial charge in [0.05, 0.1) is 13.2 Å². The van der Waals surface area contributed by atoms with Crippen molar-refractivity contribution in [2.45, 2.75) is 6.92 Å². The summed E-state index contributed by atoms with van der Waals surface area (Å²) in [7, 11) is 0. The Morgan fingerprint density at radius 3 is 2.71 bits per heavy atom. The third-order valence-electron chi connectivity index (χ3n) is 5.02. The van der Waals surface area contributed by atoms with Gasteiger partial charge in [0.1, 0.15) is 12.4 Å². The van der Waals surface area contributed by atoms with Gasteiger partial charge in [-0.1, -0.05) is 18.2 Å². The zero-order valence-electron chi connectivity index (χ0n) is 17.4. The van der Waals surface area contributed by atoms with Crippen molar-refractivity contribution < 1.29 is 24.1 Å². The van der Waals surface area contributed by atoms with Crippen LogP contribution in [-0.2, 0) is 14.3 Å². The molecule has 0 unspecified atom stereocenters. The summed E-state index contributed by atoms with van der Waals surface area (Å²) in [6, 6.07) is 12.6. The molecule has 0 amide bonds. The van der Waals surface area contributed by atoms with Gasteiger partial charge in [-0.25, -0.2) is 9.78 Å². The number of carbonyl (C=O) groups is 1. The van der Waals surface area contributed by atoms with Crippen molar-refractivity contribution >= 4 is 16.7 Å². The lowest BCUT2D eigenvalue weighted by Gasteiger charge is -2.26. The first-order valence-corrected chi connectivity index (χ1v) is 10.2. The summed E-state index contributed by atoms with van der Waals surface area (Å²) < 4.78 is 16.1. The summed E-state index contributed by atoms with van der Waals surface area (Å²) in [6.07, 6.45) is 0. The number of nitrogens with zero attached hydrogens (tertiary/aromatic N) is 3. The van der Waals surface area contributed by atoms with E-state index in [1.807, 2.05) is 31.2 Å². The van der Waals surface area contributed by atoms with Gasteiger partial charge in [-0.3, -0.25) is 4.90 Å². The Morgan fingerprint density at radius 2 is 1.87 bits per heavy atom. The highest BCUT2D eigenvalue weighted by Gasteiger charge is 2.12. The molecule has 0 spiro atoms. The van der Waals surface area contributed by atoms with Crippen LogP contribution in [0, 0.1) is 6.92 Å². The number of aromatic hydroxyl groups is 1. The molecule has 3 aromatic rings. The second-order valence-electron chi connectivity index (χ2n) is 7.38. The smallest absolute Gasteiger partial charge is 0.344 e. The summed E-state index contributed by atoms with van der Waals surface area (Å²) in [4.78, 5) is 23.1. The molecule has 1 N–H and O–H groups in total. The lowest BCUT2D eigenvalue weighted by molar-refractivity contribution is -0.146. The standard InChI is InChI=1S/C23H25N3O5/c1-16-12-21(31-15-22(28)30-11-8-26-6-9-29-10-7-26)25-23(24-16)19-3-2-18-14-20(27)5-4-17(18)13-19/h2-5,12-14,27H,6-11,15H2,1H3. The quantitative estimate of drug-likeness (QED) is 0.580. The summed E-state index contributed by atoms with van der Waals surface area (Å²) in [5.41, 5.74) is 1.55. The fourth-order valence-electron chi connectivity index (χ4n) is 3.40. The number of rotatable bonds is 7. The van der Waals surface area contributed by atoms with Gasteiger partial charge in [0.15, 0.2) is 12.4 Å². The van der Waals surface area contributed by atoms with E-state index in [2.05, 4.69) is 14.9 Å². The highest BCUT2D eigenvalue weighted by molar-refractivity contribution is 5.87. The Bertz CT molecular complexity index is 1070. The minimum atomic E-state index is -0.434. The Morgan fingerprint density at radius 1 is 1.10 bits per heavy atom. The van der Waals surface area contributed by atoms with Gasteiger partial charge in [-0.15, -0.1) is 0 Å². The minimum absolute atomic E-state index is 0.212. The van der Waals surface area contributed by atoms with Gasteiger partial charge in [0.25, 0.3) is 0 Å². The number of carbonyl (C=O) groups excluding carboxylic acids is 1. The molecule has 1 aliphatic heterocycles. The maximum atomic E-state index is 12.0. The number of aryl methyl sites for hydroxylation is 1.